The molecule has 0 spiro atoms. The zero-order chi connectivity index (χ0) is 19.1. The molecule has 0 bridgehead atoms. The molecule has 0 aliphatic heterocycles. The third-order valence-electron chi connectivity index (χ3n) is 4.01. The van der Waals surface area contributed by atoms with Crippen LogP contribution in [0.4, 0.5) is 4.39 Å². The van der Waals surface area contributed by atoms with Crippen LogP contribution in [-0.4, -0.2) is 17.9 Å². The summed E-state index contributed by atoms with van der Waals surface area (Å²) in [6.07, 6.45) is 1.83. The minimum absolute atomic E-state index is 0.159. The van der Waals surface area contributed by atoms with Crippen LogP contribution in [0.5, 0.6) is 0 Å². The van der Waals surface area contributed by atoms with Gasteiger partial charge < -0.3 is 15.1 Å². The van der Waals surface area contributed by atoms with Crippen LogP contribution in [0.2, 0.25) is 0 Å². The van der Waals surface area contributed by atoms with Gasteiger partial charge in [-0.05, 0) is 35.9 Å². The largest absolute Gasteiger partial charge is 0.467 e. The Labute approximate surface area is 156 Å². The van der Waals surface area contributed by atoms with Crippen molar-refractivity contribution in [2.24, 2.45) is 0 Å². The van der Waals surface area contributed by atoms with Gasteiger partial charge >= 0.3 is 0 Å². The second-order valence-electron chi connectivity index (χ2n) is 6.02. The molecule has 138 valence electrons. The number of nitrogens with one attached hydrogen (secondary N) is 2. The molecule has 6 heteroatoms. The summed E-state index contributed by atoms with van der Waals surface area (Å²) in [5.74, 6) is -0.758. The van der Waals surface area contributed by atoms with Gasteiger partial charge in [-0.2, -0.15) is 0 Å². The summed E-state index contributed by atoms with van der Waals surface area (Å²) in [5.41, 5.74) is 1.06. The molecule has 0 fully saturated rings. The van der Waals surface area contributed by atoms with Crippen LogP contribution in [0.25, 0.3) is 0 Å². The fourth-order valence-corrected chi connectivity index (χ4v) is 2.64. The van der Waals surface area contributed by atoms with Crippen LogP contribution in [0.1, 0.15) is 21.7 Å². The monoisotopic (exact) mass is 366 g/mol. The second kappa shape index (κ2) is 8.80. The maximum Gasteiger partial charge on any atom is 0.252 e. The molecule has 2 aromatic carbocycles. The lowest BCUT2D eigenvalue weighted by atomic mass is 10.0. The Bertz CT molecular complexity index is 895. The van der Waals surface area contributed by atoms with Gasteiger partial charge in [0.25, 0.3) is 5.91 Å². The van der Waals surface area contributed by atoms with Crippen LogP contribution >= 0.6 is 0 Å². The van der Waals surface area contributed by atoms with Gasteiger partial charge in [0.05, 0.1) is 12.8 Å². The maximum atomic E-state index is 13.4. The third kappa shape index (κ3) is 5.28. The number of rotatable bonds is 7. The molecule has 3 aromatic rings. The van der Waals surface area contributed by atoms with E-state index in [-0.39, 0.29) is 18.0 Å². The second-order valence-corrected chi connectivity index (χ2v) is 6.02. The topological polar surface area (TPSA) is 71.3 Å². The van der Waals surface area contributed by atoms with Crippen molar-refractivity contribution < 1.29 is 18.4 Å². The molecule has 2 amide bonds. The quantitative estimate of drug-likeness (QED) is 0.675. The van der Waals surface area contributed by atoms with E-state index < -0.39 is 17.8 Å². The fourth-order valence-electron chi connectivity index (χ4n) is 2.64. The van der Waals surface area contributed by atoms with Gasteiger partial charge in [-0.1, -0.05) is 36.4 Å². The molecule has 0 saturated heterocycles. The first-order valence-corrected chi connectivity index (χ1v) is 8.52. The Morgan fingerprint density at radius 1 is 1.00 bits per heavy atom. The van der Waals surface area contributed by atoms with Crippen molar-refractivity contribution in [1.82, 2.24) is 10.6 Å². The number of hydrogen-bond donors (Lipinski definition) is 2. The Morgan fingerprint density at radius 2 is 1.81 bits per heavy atom. The number of hydrogen-bond acceptors (Lipinski definition) is 3. The van der Waals surface area contributed by atoms with E-state index in [2.05, 4.69) is 10.6 Å². The molecule has 0 unspecified atom stereocenters. The summed E-state index contributed by atoms with van der Waals surface area (Å²) in [7, 11) is 0. The number of amides is 2. The summed E-state index contributed by atoms with van der Waals surface area (Å²) < 4.78 is 18.6. The first-order valence-electron chi connectivity index (χ1n) is 8.52. The van der Waals surface area contributed by atoms with Crippen molar-refractivity contribution in [3.63, 3.8) is 0 Å². The van der Waals surface area contributed by atoms with Gasteiger partial charge in [0.15, 0.2) is 0 Å². The first-order chi connectivity index (χ1) is 13.1. The predicted octanol–water partition coefficient (Wildman–Crippen LogP) is 3.08. The molecule has 1 aromatic heterocycles. The Hall–Kier alpha value is -3.41. The average molecular weight is 366 g/mol. The maximum absolute atomic E-state index is 13.4. The molecule has 1 atom stereocenters. The summed E-state index contributed by atoms with van der Waals surface area (Å²) in [4.78, 5) is 25.1. The normalized spacial score (nSPS) is 11.6. The number of carbonyl (C=O) groups is 2. The van der Waals surface area contributed by atoms with E-state index in [4.69, 9.17) is 4.42 Å². The molecule has 1 heterocycles. The molecular formula is C21H19FN2O3. The van der Waals surface area contributed by atoms with Gasteiger partial charge in [-0.15, -0.1) is 0 Å². The highest BCUT2D eigenvalue weighted by Crippen LogP contribution is 2.08. The van der Waals surface area contributed by atoms with Crippen molar-refractivity contribution in [2.75, 3.05) is 0 Å². The van der Waals surface area contributed by atoms with Crippen molar-refractivity contribution in [1.29, 1.82) is 0 Å². The zero-order valence-electron chi connectivity index (χ0n) is 14.5. The SMILES string of the molecule is O=C(N[C@@H](Cc1ccccc1)C(=O)NCc1ccco1)c1cccc(F)c1. The highest BCUT2D eigenvalue weighted by Gasteiger charge is 2.22. The minimum atomic E-state index is -0.807. The van der Waals surface area contributed by atoms with Gasteiger partial charge in [0.2, 0.25) is 5.91 Å². The number of benzene rings is 2. The van der Waals surface area contributed by atoms with E-state index in [9.17, 15) is 14.0 Å². The van der Waals surface area contributed by atoms with E-state index >= 15 is 0 Å². The molecule has 0 saturated carbocycles. The molecule has 3 rings (SSSR count). The number of carbonyl (C=O) groups excluding carboxylic acids is 2. The highest BCUT2D eigenvalue weighted by atomic mass is 19.1. The summed E-state index contributed by atoms with van der Waals surface area (Å²) in [6, 6.07) is 17.4. The van der Waals surface area contributed by atoms with E-state index in [1.54, 1.807) is 12.1 Å². The standard InChI is InChI=1S/C21H19FN2O3/c22-17-9-4-8-16(13-17)20(25)24-19(12-15-6-2-1-3-7-15)21(26)23-14-18-10-5-11-27-18/h1-11,13,19H,12,14H2,(H,23,26)(H,24,25)/t19-/m0/s1. The summed E-state index contributed by atoms with van der Waals surface area (Å²) >= 11 is 0. The van der Waals surface area contributed by atoms with Crippen LogP contribution in [0.15, 0.2) is 77.4 Å². The van der Waals surface area contributed by atoms with Crippen LogP contribution in [-0.2, 0) is 17.8 Å². The Kier molecular flexibility index (Phi) is 5.99. The molecule has 0 aliphatic carbocycles. The van der Waals surface area contributed by atoms with Crippen LogP contribution < -0.4 is 10.6 Å². The number of halogens is 1. The van der Waals surface area contributed by atoms with E-state index in [0.29, 0.717) is 12.2 Å². The average Bonchev–Trinajstić information content (AvgIpc) is 3.20. The van der Waals surface area contributed by atoms with Gasteiger partial charge in [0, 0.05) is 12.0 Å². The van der Waals surface area contributed by atoms with Crippen molar-refractivity contribution in [3.05, 3.63) is 95.7 Å². The van der Waals surface area contributed by atoms with Crippen LogP contribution in [0, 0.1) is 5.82 Å². The van der Waals surface area contributed by atoms with Crippen molar-refractivity contribution in [3.8, 4) is 0 Å². The Balaban J connectivity index is 1.72. The van der Waals surface area contributed by atoms with Gasteiger partial charge in [0.1, 0.15) is 17.6 Å². The highest BCUT2D eigenvalue weighted by molar-refractivity contribution is 5.97. The lowest BCUT2D eigenvalue weighted by molar-refractivity contribution is -0.123. The minimum Gasteiger partial charge on any atom is -0.467 e. The molecule has 2 N–H and O–H groups in total. The van der Waals surface area contributed by atoms with Crippen molar-refractivity contribution in [2.45, 2.75) is 19.0 Å². The van der Waals surface area contributed by atoms with Crippen LogP contribution in [0.3, 0.4) is 0 Å². The number of furan rings is 1. The predicted molar refractivity (Wildman–Crippen MR) is 98.4 cm³/mol. The molecule has 27 heavy (non-hydrogen) atoms. The lowest BCUT2D eigenvalue weighted by Crippen LogP contribution is -2.47. The molecule has 0 aliphatic rings. The molecule has 5 nitrogen and oxygen atoms in total. The van der Waals surface area contributed by atoms with Gasteiger partial charge in [-0.3, -0.25) is 9.59 Å². The molecular weight excluding hydrogens is 347 g/mol. The first kappa shape index (κ1) is 18.4. The smallest absolute Gasteiger partial charge is 0.252 e. The fraction of sp³-hybridized carbons (Fsp3) is 0.143. The zero-order valence-corrected chi connectivity index (χ0v) is 14.5. The van der Waals surface area contributed by atoms with E-state index in [1.165, 1.54) is 24.5 Å². The van der Waals surface area contributed by atoms with Crippen molar-refractivity contribution >= 4 is 11.8 Å². The van der Waals surface area contributed by atoms with E-state index in [0.717, 1.165) is 11.6 Å². The third-order valence-corrected chi connectivity index (χ3v) is 4.01. The van der Waals surface area contributed by atoms with Gasteiger partial charge in [-0.25, -0.2) is 4.39 Å². The molecule has 0 radical (unpaired) electrons. The summed E-state index contributed by atoms with van der Waals surface area (Å²) in [5, 5.41) is 5.44. The Morgan fingerprint density at radius 3 is 2.52 bits per heavy atom. The summed E-state index contributed by atoms with van der Waals surface area (Å²) in [6.45, 7) is 0.215. The van der Waals surface area contributed by atoms with E-state index in [1.807, 2.05) is 30.3 Å². The lowest BCUT2D eigenvalue weighted by Gasteiger charge is -2.18.